The van der Waals surface area contributed by atoms with Crippen molar-refractivity contribution in [3.63, 3.8) is 0 Å². The van der Waals surface area contributed by atoms with Crippen LogP contribution in [0.1, 0.15) is 11.6 Å². The molecule has 4 heteroatoms. The van der Waals surface area contributed by atoms with Crippen LogP contribution in [0.3, 0.4) is 0 Å². The van der Waals surface area contributed by atoms with Gasteiger partial charge in [0.1, 0.15) is 11.6 Å². The van der Waals surface area contributed by atoms with Crippen molar-refractivity contribution in [1.82, 2.24) is 0 Å². The van der Waals surface area contributed by atoms with E-state index in [1.807, 2.05) is 12.1 Å². The van der Waals surface area contributed by atoms with Crippen LogP contribution in [0.25, 0.3) is 11.0 Å². The highest BCUT2D eigenvalue weighted by molar-refractivity contribution is 5.87. The van der Waals surface area contributed by atoms with Crippen molar-refractivity contribution in [1.29, 1.82) is 0 Å². The van der Waals surface area contributed by atoms with Crippen LogP contribution in [0.2, 0.25) is 0 Å². The zero-order chi connectivity index (χ0) is 10.1. The smallest absolute Gasteiger partial charge is 0.325 e. The van der Waals surface area contributed by atoms with Gasteiger partial charge in [0, 0.05) is 10.9 Å². The topological polar surface area (TPSA) is 76.5 Å². The van der Waals surface area contributed by atoms with Crippen LogP contribution in [-0.4, -0.2) is 11.1 Å². The number of aliphatic carboxylic acids is 1. The van der Waals surface area contributed by atoms with Crippen molar-refractivity contribution < 1.29 is 14.3 Å². The summed E-state index contributed by atoms with van der Waals surface area (Å²) in [5.74, 6) is -1.06. The molecule has 0 aliphatic rings. The first kappa shape index (κ1) is 8.77. The summed E-state index contributed by atoms with van der Waals surface area (Å²) >= 11 is 0. The third-order valence-corrected chi connectivity index (χ3v) is 2.11. The number of hydrogen-bond acceptors (Lipinski definition) is 3. The Morgan fingerprint density at radius 2 is 2.14 bits per heavy atom. The van der Waals surface area contributed by atoms with Crippen molar-refractivity contribution in [2.45, 2.75) is 6.04 Å². The molecule has 1 heterocycles. The van der Waals surface area contributed by atoms with E-state index in [-0.39, 0.29) is 0 Å². The first-order valence-electron chi connectivity index (χ1n) is 4.14. The van der Waals surface area contributed by atoms with E-state index >= 15 is 0 Å². The van der Waals surface area contributed by atoms with Gasteiger partial charge in [0.2, 0.25) is 0 Å². The molecule has 2 rings (SSSR count). The van der Waals surface area contributed by atoms with Crippen LogP contribution in [0.15, 0.2) is 34.9 Å². The van der Waals surface area contributed by atoms with Crippen LogP contribution < -0.4 is 5.73 Å². The van der Waals surface area contributed by atoms with Gasteiger partial charge >= 0.3 is 5.97 Å². The number of carbonyl (C=O) groups is 1. The van der Waals surface area contributed by atoms with E-state index in [0.717, 1.165) is 5.39 Å². The maximum Gasteiger partial charge on any atom is 0.325 e. The fourth-order valence-corrected chi connectivity index (χ4v) is 1.37. The van der Waals surface area contributed by atoms with E-state index in [1.165, 1.54) is 6.26 Å². The lowest BCUT2D eigenvalue weighted by Crippen LogP contribution is -2.20. The van der Waals surface area contributed by atoms with Crippen LogP contribution in [0.5, 0.6) is 0 Å². The zero-order valence-corrected chi connectivity index (χ0v) is 7.31. The summed E-state index contributed by atoms with van der Waals surface area (Å²) in [6, 6.07) is 6.17. The Balaban J connectivity index is 2.58. The summed E-state index contributed by atoms with van der Waals surface area (Å²) < 4.78 is 5.18. The molecular weight excluding hydrogens is 182 g/mol. The second-order valence-electron chi connectivity index (χ2n) is 3.00. The second kappa shape index (κ2) is 3.16. The second-order valence-corrected chi connectivity index (χ2v) is 3.00. The minimum Gasteiger partial charge on any atom is -0.480 e. The van der Waals surface area contributed by atoms with Crippen molar-refractivity contribution in [3.05, 3.63) is 36.1 Å². The Hall–Kier alpha value is -1.81. The van der Waals surface area contributed by atoms with Gasteiger partial charge in [-0.2, -0.15) is 0 Å². The Kier molecular flexibility index (Phi) is 1.98. The van der Waals surface area contributed by atoms with Crippen LogP contribution in [-0.2, 0) is 4.79 Å². The highest BCUT2D eigenvalue weighted by Gasteiger charge is 2.18. The average Bonchev–Trinajstić information content (AvgIpc) is 2.60. The van der Waals surface area contributed by atoms with E-state index in [2.05, 4.69) is 0 Å². The molecule has 14 heavy (non-hydrogen) atoms. The van der Waals surface area contributed by atoms with E-state index in [1.54, 1.807) is 12.1 Å². The molecule has 4 nitrogen and oxygen atoms in total. The van der Waals surface area contributed by atoms with Gasteiger partial charge in [-0.1, -0.05) is 18.2 Å². The third kappa shape index (κ3) is 1.25. The van der Waals surface area contributed by atoms with E-state index in [0.29, 0.717) is 11.1 Å². The maximum atomic E-state index is 10.7. The lowest BCUT2D eigenvalue weighted by atomic mass is 10.1. The fraction of sp³-hybridized carbons (Fsp3) is 0.100. The Morgan fingerprint density at radius 3 is 2.86 bits per heavy atom. The fourth-order valence-electron chi connectivity index (χ4n) is 1.37. The summed E-state index contributed by atoms with van der Waals surface area (Å²) in [5, 5.41) is 9.50. The number of carboxylic acids is 1. The van der Waals surface area contributed by atoms with Gasteiger partial charge in [-0.25, -0.2) is 0 Å². The summed E-state index contributed by atoms with van der Waals surface area (Å²) in [7, 11) is 0. The first-order valence-corrected chi connectivity index (χ1v) is 4.14. The largest absolute Gasteiger partial charge is 0.480 e. The predicted molar refractivity (Wildman–Crippen MR) is 50.8 cm³/mol. The molecule has 0 aliphatic carbocycles. The lowest BCUT2D eigenvalue weighted by Gasteiger charge is -2.02. The van der Waals surface area contributed by atoms with Crippen LogP contribution in [0, 0.1) is 0 Å². The summed E-state index contributed by atoms with van der Waals surface area (Å²) in [6.45, 7) is 0. The van der Waals surface area contributed by atoms with Gasteiger partial charge in [0.05, 0.1) is 6.26 Å². The SMILES string of the molecule is N[C@@H](C(=O)O)c1coc2ccccc12. The van der Waals surface area contributed by atoms with Gasteiger partial charge in [0.15, 0.2) is 0 Å². The molecule has 0 fully saturated rings. The van der Waals surface area contributed by atoms with Crippen molar-refractivity contribution in [2.24, 2.45) is 5.73 Å². The van der Waals surface area contributed by atoms with Gasteiger partial charge < -0.3 is 15.3 Å². The standard InChI is InChI=1S/C10H9NO3/c11-9(10(12)13)7-5-14-8-4-2-1-3-6(7)8/h1-5,9H,11H2,(H,12,13)/t9-/m1/s1. The Labute approximate surface area is 79.9 Å². The molecule has 0 aliphatic heterocycles. The maximum absolute atomic E-state index is 10.7. The summed E-state index contributed by atoms with van der Waals surface area (Å²) in [5.41, 5.74) is 6.65. The van der Waals surface area contributed by atoms with Gasteiger partial charge in [0.25, 0.3) is 0 Å². The molecule has 1 atom stereocenters. The molecule has 0 radical (unpaired) electrons. The number of fused-ring (bicyclic) bond motifs is 1. The quantitative estimate of drug-likeness (QED) is 0.754. The van der Waals surface area contributed by atoms with Gasteiger partial charge in [-0.3, -0.25) is 4.79 Å². The number of para-hydroxylation sites is 1. The van der Waals surface area contributed by atoms with Gasteiger partial charge in [-0.05, 0) is 6.07 Å². The molecule has 72 valence electrons. The number of carboxylic acid groups (broad SMARTS) is 1. The summed E-state index contributed by atoms with van der Waals surface area (Å²) in [6.07, 6.45) is 1.39. The van der Waals surface area contributed by atoms with E-state index < -0.39 is 12.0 Å². The third-order valence-electron chi connectivity index (χ3n) is 2.11. The number of hydrogen-bond donors (Lipinski definition) is 2. The van der Waals surface area contributed by atoms with E-state index in [9.17, 15) is 4.79 Å². The molecule has 1 aromatic carbocycles. The highest BCUT2D eigenvalue weighted by atomic mass is 16.4. The zero-order valence-electron chi connectivity index (χ0n) is 7.31. The molecule has 2 aromatic rings. The molecule has 0 saturated heterocycles. The van der Waals surface area contributed by atoms with Crippen LogP contribution >= 0.6 is 0 Å². The molecule has 0 saturated carbocycles. The normalized spacial score (nSPS) is 12.9. The lowest BCUT2D eigenvalue weighted by molar-refractivity contribution is -0.138. The van der Waals surface area contributed by atoms with Crippen LogP contribution in [0.4, 0.5) is 0 Å². The summed E-state index contributed by atoms with van der Waals surface area (Å²) in [4.78, 5) is 10.7. The molecule has 0 amide bonds. The predicted octanol–water partition coefficient (Wildman–Crippen LogP) is 1.52. The molecule has 0 bridgehead atoms. The molecular formula is C10H9NO3. The Morgan fingerprint density at radius 1 is 1.43 bits per heavy atom. The molecule has 3 N–H and O–H groups in total. The minimum atomic E-state index is -1.06. The molecule has 0 unspecified atom stereocenters. The number of benzene rings is 1. The number of rotatable bonds is 2. The molecule has 1 aromatic heterocycles. The van der Waals surface area contributed by atoms with Gasteiger partial charge in [-0.15, -0.1) is 0 Å². The van der Waals surface area contributed by atoms with E-state index in [4.69, 9.17) is 15.3 Å². The van der Waals surface area contributed by atoms with Crippen molar-refractivity contribution in [3.8, 4) is 0 Å². The minimum absolute atomic E-state index is 0.508. The number of nitrogens with two attached hydrogens (primary N) is 1. The van der Waals surface area contributed by atoms with Crippen molar-refractivity contribution in [2.75, 3.05) is 0 Å². The van der Waals surface area contributed by atoms with Crippen molar-refractivity contribution >= 4 is 16.9 Å². The number of furan rings is 1. The molecule has 0 spiro atoms. The monoisotopic (exact) mass is 191 g/mol. The first-order chi connectivity index (χ1) is 6.70. The highest BCUT2D eigenvalue weighted by Crippen LogP contribution is 2.24. The average molecular weight is 191 g/mol. The Bertz CT molecular complexity index is 475.